The molecule has 0 spiro atoms. The Balaban J connectivity index is 1.61. The SMILES string of the molecule is COc1ccc2cccc(NC(=O)Cn3ccc4ccccc43)c2n1. The van der Waals surface area contributed by atoms with E-state index in [1.54, 1.807) is 13.2 Å². The molecule has 2 aromatic heterocycles. The number of pyridine rings is 1. The van der Waals surface area contributed by atoms with Gasteiger partial charge in [-0.1, -0.05) is 30.3 Å². The van der Waals surface area contributed by atoms with Gasteiger partial charge in [-0.15, -0.1) is 0 Å². The third-order valence-electron chi connectivity index (χ3n) is 4.17. The number of nitrogens with zero attached hydrogens (tertiary/aromatic N) is 2. The first-order valence-electron chi connectivity index (χ1n) is 8.02. The molecule has 0 bridgehead atoms. The number of amides is 1. The lowest BCUT2D eigenvalue weighted by molar-refractivity contribution is -0.116. The third kappa shape index (κ3) is 2.92. The molecule has 124 valence electrons. The van der Waals surface area contributed by atoms with E-state index in [9.17, 15) is 4.79 Å². The minimum Gasteiger partial charge on any atom is -0.481 e. The number of nitrogens with one attached hydrogen (secondary N) is 1. The summed E-state index contributed by atoms with van der Waals surface area (Å²) >= 11 is 0. The molecule has 0 saturated carbocycles. The Morgan fingerprint density at radius 2 is 1.88 bits per heavy atom. The van der Waals surface area contributed by atoms with Crippen LogP contribution in [0.3, 0.4) is 0 Å². The van der Waals surface area contributed by atoms with Gasteiger partial charge >= 0.3 is 0 Å². The first kappa shape index (κ1) is 15.2. The van der Waals surface area contributed by atoms with Crippen LogP contribution in [-0.4, -0.2) is 22.6 Å². The lowest BCUT2D eigenvalue weighted by Gasteiger charge is -2.10. The normalized spacial score (nSPS) is 10.9. The van der Waals surface area contributed by atoms with Crippen molar-refractivity contribution >= 4 is 33.4 Å². The summed E-state index contributed by atoms with van der Waals surface area (Å²) in [5.74, 6) is 0.420. The first-order valence-corrected chi connectivity index (χ1v) is 8.02. The number of carbonyl (C=O) groups is 1. The summed E-state index contributed by atoms with van der Waals surface area (Å²) in [4.78, 5) is 17.0. The lowest BCUT2D eigenvalue weighted by Crippen LogP contribution is -2.18. The van der Waals surface area contributed by atoms with Gasteiger partial charge in [0.15, 0.2) is 0 Å². The van der Waals surface area contributed by atoms with Crippen molar-refractivity contribution in [3.63, 3.8) is 0 Å². The zero-order chi connectivity index (χ0) is 17.2. The van der Waals surface area contributed by atoms with Crippen molar-refractivity contribution in [3.05, 3.63) is 66.9 Å². The fourth-order valence-corrected chi connectivity index (χ4v) is 2.97. The maximum Gasteiger partial charge on any atom is 0.244 e. The molecule has 4 aromatic rings. The fraction of sp³-hybridized carbons (Fsp3) is 0.100. The molecule has 0 atom stereocenters. The summed E-state index contributed by atoms with van der Waals surface area (Å²) in [6.45, 7) is 0.244. The number of anilines is 1. The van der Waals surface area contributed by atoms with Gasteiger partial charge in [0.05, 0.1) is 18.3 Å². The van der Waals surface area contributed by atoms with Crippen LogP contribution in [0.15, 0.2) is 66.9 Å². The highest BCUT2D eigenvalue weighted by molar-refractivity contribution is 6.00. The van der Waals surface area contributed by atoms with Gasteiger partial charge in [-0.25, -0.2) is 4.98 Å². The molecule has 0 aliphatic rings. The summed E-state index contributed by atoms with van der Waals surface area (Å²) in [5, 5.41) is 5.03. The van der Waals surface area contributed by atoms with E-state index in [4.69, 9.17) is 4.74 Å². The number of rotatable bonds is 4. The molecule has 1 N–H and O–H groups in total. The molecule has 25 heavy (non-hydrogen) atoms. The molecule has 0 saturated heterocycles. The topological polar surface area (TPSA) is 56.1 Å². The Kier molecular flexibility index (Phi) is 3.82. The number of methoxy groups -OCH3 is 1. The van der Waals surface area contributed by atoms with Crippen LogP contribution >= 0.6 is 0 Å². The van der Waals surface area contributed by atoms with Gasteiger partial charge in [0, 0.05) is 23.2 Å². The number of fused-ring (bicyclic) bond motifs is 2. The van der Waals surface area contributed by atoms with Crippen LogP contribution < -0.4 is 10.1 Å². The van der Waals surface area contributed by atoms with Crippen LogP contribution in [0.1, 0.15) is 0 Å². The maximum atomic E-state index is 12.5. The molecule has 0 aliphatic carbocycles. The van der Waals surface area contributed by atoms with Gasteiger partial charge in [0.1, 0.15) is 6.54 Å². The Bertz CT molecular complexity index is 1070. The van der Waals surface area contributed by atoms with Crippen LogP contribution in [0.4, 0.5) is 5.69 Å². The maximum absolute atomic E-state index is 12.5. The second kappa shape index (κ2) is 6.28. The molecule has 2 heterocycles. The van der Waals surface area contributed by atoms with E-state index >= 15 is 0 Å². The Morgan fingerprint density at radius 3 is 2.76 bits per heavy atom. The molecule has 0 fully saturated rings. The summed E-state index contributed by atoms with van der Waals surface area (Å²) in [6, 6.07) is 19.4. The fourth-order valence-electron chi connectivity index (χ4n) is 2.97. The highest BCUT2D eigenvalue weighted by atomic mass is 16.5. The lowest BCUT2D eigenvalue weighted by atomic mass is 10.2. The van der Waals surface area contributed by atoms with Crippen molar-refractivity contribution in [2.75, 3.05) is 12.4 Å². The van der Waals surface area contributed by atoms with Gasteiger partial charge in [0.25, 0.3) is 0 Å². The average Bonchev–Trinajstić information content (AvgIpc) is 3.04. The second-order valence-corrected chi connectivity index (χ2v) is 5.78. The van der Waals surface area contributed by atoms with Crippen molar-refractivity contribution in [1.29, 1.82) is 0 Å². The van der Waals surface area contributed by atoms with Gasteiger partial charge in [-0.05, 0) is 29.7 Å². The molecule has 5 heteroatoms. The Hall–Kier alpha value is -3.34. The van der Waals surface area contributed by atoms with Crippen LogP contribution in [0.25, 0.3) is 21.8 Å². The minimum atomic E-state index is -0.0986. The third-order valence-corrected chi connectivity index (χ3v) is 4.17. The number of hydrogen-bond donors (Lipinski definition) is 1. The van der Waals surface area contributed by atoms with Crippen LogP contribution in [0, 0.1) is 0 Å². The zero-order valence-corrected chi connectivity index (χ0v) is 13.8. The molecular weight excluding hydrogens is 314 g/mol. The van der Waals surface area contributed by atoms with Crippen molar-refractivity contribution in [3.8, 4) is 5.88 Å². The summed E-state index contributed by atoms with van der Waals surface area (Å²) in [7, 11) is 1.58. The number of aromatic nitrogens is 2. The van der Waals surface area contributed by atoms with Crippen LogP contribution in [-0.2, 0) is 11.3 Å². The number of carbonyl (C=O) groups excluding carboxylic acids is 1. The van der Waals surface area contributed by atoms with Crippen molar-refractivity contribution in [1.82, 2.24) is 9.55 Å². The van der Waals surface area contributed by atoms with Crippen molar-refractivity contribution < 1.29 is 9.53 Å². The first-order chi connectivity index (χ1) is 12.2. The second-order valence-electron chi connectivity index (χ2n) is 5.78. The number of para-hydroxylation sites is 2. The Morgan fingerprint density at radius 1 is 1.04 bits per heavy atom. The number of benzene rings is 2. The van der Waals surface area contributed by atoms with E-state index in [1.165, 1.54) is 0 Å². The van der Waals surface area contributed by atoms with Crippen molar-refractivity contribution in [2.24, 2.45) is 0 Å². The molecule has 1 amide bonds. The summed E-state index contributed by atoms with van der Waals surface area (Å²) in [6.07, 6.45) is 1.93. The highest BCUT2D eigenvalue weighted by Gasteiger charge is 2.10. The molecule has 0 unspecified atom stereocenters. The highest BCUT2D eigenvalue weighted by Crippen LogP contribution is 2.24. The predicted molar refractivity (Wildman–Crippen MR) is 98.9 cm³/mol. The molecule has 0 aliphatic heterocycles. The van der Waals surface area contributed by atoms with E-state index in [0.29, 0.717) is 17.1 Å². The zero-order valence-electron chi connectivity index (χ0n) is 13.8. The monoisotopic (exact) mass is 331 g/mol. The van der Waals surface area contributed by atoms with Crippen LogP contribution in [0.5, 0.6) is 5.88 Å². The molecule has 2 aromatic carbocycles. The van der Waals surface area contributed by atoms with Gasteiger partial charge < -0.3 is 14.6 Å². The van der Waals surface area contributed by atoms with E-state index in [0.717, 1.165) is 16.3 Å². The number of ether oxygens (including phenoxy) is 1. The van der Waals surface area contributed by atoms with Gasteiger partial charge in [-0.2, -0.15) is 0 Å². The Labute approximate surface area is 144 Å². The van der Waals surface area contributed by atoms with E-state index in [2.05, 4.69) is 10.3 Å². The summed E-state index contributed by atoms with van der Waals surface area (Å²) < 4.78 is 7.12. The van der Waals surface area contributed by atoms with Gasteiger partial charge in [-0.3, -0.25) is 4.79 Å². The molecule has 5 nitrogen and oxygen atoms in total. The van der Waals surface area contributed by atoms with Crippen LogP contribution in [0.2, 0.25) is 0 Å². The quantitative estimate of drug-likeness (QED) is 0.618. The smallest absolute Gasteiger partial charge is 0.244 e. The summed E-state index contributed by atoms with van der Waals surface area (Å²) in [5.41, 5.74) is 2.43. The molecular formula is C20H17N3O2. The molecule has 4 rings (SSSR count). The average molecular weight is 331 g/mol. The van der Waals surface area contributed by atoms with Gasteiger partial charge in [0.2, 0.25) is 11.8 Å². The van der Waals surface area contributed by atoms with E-state index < -0.39 is 0 Å². The predicted octanol–water partition coefficient (Wildman–Crippen LogP) is 3.84. The standard InChI is InChI=1S/C20H17N3O2/c1-25-19-10-9-15-6-4-7-16(20(15)22-19)21-18(24)13-23-12-11-14-5-2-3-8-17(14)23/h2-12H,13H2,1H3,(H,21,24). The number of hydrogen-bond acceptors (Lipinski definition) is 3. The molecule has 0 radical (unpaired) electrons. The van der Waals surface area contributed by atoms with Crippen molar-refractivity contribution in [2.45, 2.75) is 6.54 Å². The largest absolute Gasteiger partial charge is 0.481 e. The van der Waals surface area contributed by atoms with E-state index in [-0.39, 0.29) is 12.5 Å². The minimum absolute atomic E-state index is 0.0986. The van der Waals surface area contributed by atoms with E-state index in [1.807, 2.05) is 65.4 Å².